The predicted molar refractivity (Wildman–Crippen MR) is 98.1 cm³/mol. The van der Waals surface area contributed by atoms with Gasteiger partial charge in [0.2, 0.25) is 0 Å². The van der Waals surface area contributed by atoms with Crippen LogP contribution in [0, 0.1) is 0 Å². The first-order valence-electron chi connectivity index (χ1n) is 8.85. The first-order valence-corrected chi connectivity index (χ1v) is 9.67. The molecule has 1 aromatic carbocycles. The van der Waals surface area contributed by atoms with Crippen LogP contribution in [0.1, 0.15) is 52.9 Å². The number of benzene rings is 1. The third kappa shape index (κ3) is 2.95. The van der Waals surface area contributed by atoms with Gasteiger partial charge >= 0.3 is 0 Å². The number of thiophene rings is 1. The van der Waals surface area contributed by atoms with Gasteiger partial charge in [0.1, 0.15) is 5.75 Å². The highest BCUT2D eigenvalue weighted by Crippen LogP contribution is 2.40. The summed E-state index contributed by atoms with van der Waals surface area (Å²) < 4.78 is 5.34. The highest BCUT2D eigenvalue weighted by atomic mass is 32.1. The molecule has 0 saturated heterocycles. The summed E-state index contributed by atoms with van der Waals surface area (Å²) in [7, 11) is 1.70. The molecule has 2 aliphatic carbocycles. The molecule has 0 radical (unpaired) electrons. The number of hydrogen-bond donors (Lipinski definition) is 1. The van der Waals surface area contributed by atoms with Gasteiger partial charge < -0.3 is 10.1 Å². The van der Waals surface area contributed by atoms with E-state index >= 15 is 0 Å². The maximum atomic E-state index is 12.6. The van der Waals surface area contributed by atoms with Crippen molar-refractivity contribution in [2.75, 3.05) is 7.11 Å². The molecule has 1 fully saturated rings. The van der Waals surface area contributed by atoms with Gasteiger partial charge in [-0.3, -0.25) is 4.79 Å². The van der Waals surface area contributed by atoms with Crippen LogP contribution in [0.3, 0.4) is 0 Å². The van der Waals surface area contributed by atoms with Crippen molar-refractivity contribution in [2.45, 2.75) is 51.0 Å². The molecule has 0 spiro atoms. The zero-order chi connectivity index (χ0) is 16.5. The van der Waals surface area contributed by atoms with E-state index < -0.39 is 0 Å². The Bertz CT molecular complexity index is 759. The molecule has 0 aliphatic heterocycles. The number of hydrogen-bond acceptors (Lipinski definition) is 3. The van der Waals surface area contributed by atoms with Crippen molar-refractivity contribution in [3.63, 3.8) is 0 Å². The van der Waals surface area contributed by atoms with Gasteiger partial charge in [0.15, 0.2) is 0 Å². The van der Waals surface area contributed by atoms with E-state index in [1.54, 1.807) is 18.4 Å². The second-order valence-electron chi connectivity index (χ2n) is 6.80. The van der Waals surface area contributed by atoms with Crippen LogP contribution in [0.15, 0.2) is 24.3 Å². The van der Waals surface area contributed by atoms with Crippen LogP contribution in [0.2, 0.25) is 0 Å². The lowest BCUT2D eigenvalue weighted by atomic mass is 9.91. The van der Waals surface area contributed by atoms with Crippen LogP contribution < -0.4 is 10.1 Å². The van der Waals surface area contributed by atoms with Gasteiger partial charge in [-0.05, 0) is 66.6 Å². The van der Waals surface area contributed by atoms with Gasteiger partial charge in [-0.1, -0.05) is 19.3 Å². The van der Waals surface area contributed by atoms with Crippen molar-refractivity contribution in [1.29, 1.82) is 0 Å². The van der Waals surface area contributed by atoms with Gasteiger partial charge in [0.25, 0.3) is 5.91 Å². The van der Waals surface area contributed by atoms with Gasteiger partial charge in [-0.2, -0.15) is 0 Å². The molecule has 1 aromatic heterocycles. The van der Waals surface area contributed by atoms with Crippen LogP contribution in [0.5, 0.6) is 5.75 Å². The summed E-state index contributed by atoms with van der Waals surface area (Å²) in [5.41, 5.74) is 3.90. The molecule has 2 aromatic rings. The number of fused-ring (bicyclic) bond motifs is 3. The molecule has 24 heavy (non-hydrogen) atoms. The maximum Gasteiger partial charge on any atom is 0.261 e. The van der Waals surface area contributed by atoms with Crippen LogP contribution in [0.4, 0.5) is 0 Å². The van der Waals surface area contributed by atoms with Crippen molar-refractivity contribution in [3.05, 3.63) is 40.3 Å². The largest absolute Gasteiger partial charge is 0.497 e. The summed E-state index contributed by atoms with van der Waals surface area (Å²) in [6.45, 7) is 0. The number of aryl methyl sites for hydroxylation is 2. The molecule has 1 amide bonds. The van der Waals surface area contributed by atoms with Gasteiger partial charge in [-0.25, -0.2) is 0 Å². The fourth-order valence-electron chi connectivity index (χ4n) is 3.85. The smallest absolute Gasteiger partial charge is 0.261 e. The van der Waals surface area contributed by atoms with Gasteiger partial charge in [0, 0.05) is 10.9 Å². The van der Waals surface area contributed by atoms with E-state index in [-0.39, 0.29) is 5.91 Å². The first kappa shape index (κ1) is 15.7. The number of rotatable bonds is 3. The lowest BCUT2D eigenvalue weighted by Crippen LogP contribution is -2.35. The Hall–Kier alpha value is -1.81. The molecule has 126 valence electrons. The molecule has 3 nitrogen and oxygen atoms in total. The van der Waals surface area contributed by atoms with Crippen molar-refractivity contribution in [3.8, 4) is 16.2 Å². The van der Waals surface area contributed by atoms with E-state index in [9.17, 15) is 4.79 Å². The van der Waals surface area contributed by atoms with Crippen molar-refractivity contribution in [2.24, 2.45) is 0 Å². The number of methoxy groups -OCH3 is 1. The van der Waals surface area contributed by atoms with E-state index in [1.807, 2.05) is 6.07 Å². The minimum absolute atomic E-state index is 0.108. The molecule has 1 heterocycles. The lowest BCUT2D eigenvalue weighted by molar-refractivity contribution is 0.0932. The number of carbonyl (C=O) groups is 1. The molecule has 4 rings (SSSR count). The van der Waals surface area contributed by atoms with Gasteiger partial charge in [-0.15, -0.1) is 11.3 Å². The minimum Gasteiger partial charge on any atom is -0.497 e. The number of ether oxygens (including phenoxy) is 1. The molecule has 1 saturated carbocycles. The van der Waals surface area contributed by atoms with E-state index in [0.29, 0.717) is 6.04 Å². The summed E-state index contributed by atoms with van der Waals surface area (Å²) in [4.78, 5) is 14.7. The van der Waals surface area contributed by atoms with Gasteiger partial charge in [0.05, 0.1) is 12.0 Å². The molecule has 2 aliphatic rings. The summed E-state index contributed by atoms with van der Waals surface area (Å²) in [6, 6.07) is 8.73. The van der Waals surface area contributed by atoms with Crippen LogP contribution >= 0.6 is 11.3 Å². The average Bonchev–Trinajstić information content (AvgIpc) is 3.07. The quantitative estimate of drug-likeness (QED) is 0.887. The Kier molecular flexibility index (Phi) is 4.31. The fraction of sp³-hybridized carbons (Fsp3) is 0.450. The number of carbonyl (C=O) groups excluding carboxylic acids is 1. The average molecular weight is 341 g/mol. The SMILES string of the molecule is COc1ccc2c(c1)CCc1cc(C(=O)NC3CCCCC3)sc1-2. The molecule has 0 atom stereocenters. The predicted octanol–water partition coefficient (Wildman–Crippen LogP) is 4.58. The Labute approximate surface area is 147 Å². The Morgan fingerprint density at radius 3 is 2.71 bits per heavy atom. The summed E-state index contributed by atoms with van der Waals surface area (Å²) >= 11 is 1.64. The highest BCUT2D eigenvalue weighted by Gasteiger charge is 2.23. The lowest BCUT2D eigenvalue weighted by Gasteiger charge is -2.22. The van der Waals surface area contributed by atoms with E-state index in [0.717, 1.165) is 36.3 Å². The molecular weight excluding hydrogens is 318 g/mol. The Morgan fingerprint density at radius 2 is 1.92 bits per heavy atom. The molecule has 0 unspecified atom stereocenters. The molecule has 1 N–H and O–H groups in total. The normalized spacial score (nSPS) is 17.0. The van der Waals surface area contributed by atoms with Crippen LogP contribution in [0.25, 0.3) is 10.4 Å². The number of nitrogens with one attached hydrogen (secondary N) is 1. The van der Waals surface area contributed by atoms with Crippen molar-refractivity contribution >= 4 is 17.2 Å². The van der Waals surface area contributed by atoms with E-state index in [2.05, 4.69) is 23.5 Å². The third-order valence-corrected chi connectivity index (χ3v) is 6.40. The van der Waals surface area contributed by atoms with Crippen molar-refractivity contribution in [1.82, 2.24) is 5.32 Å². The zero-order valence-corrected chi connectivity index (χ0v) is 14.9. The van der Waals surface area contributed by atoms with E-state index in [1.165, 1.54) is 40.8 Å². The minimum atomic E-state index is 0.108. The standard InChI is InChI=1S/C20H23NO2S/c1-23-16-9-10-17-13(11-16)7-8-14-12-18(24-19(14)17)20(22)21-15-5-3-2-4-6-15/h9-12,15H,2-8H2,1H3,(H,21,22). The number of amides is 1. The highest BCUT2D eigenvalue weighted by molar-refractivity contribution is 7.17. The monoisotopic (exact) mass is 341 g/mol. The first-order chi connectivity index (χ1) is 11.7. The summed E-state index contributed by atoms with van der Waals surface area (Å²) in [5, 5.41) is 3.24. The van der Waals surface area contributed by atoms with Crippen LogP contribution in [-0.2, 0) is 12.8 Å². The second kappa shape index (κ2) is 6.60. The Balaban J connectivity index is 1.57. The van der Waals surface area contributed by atoms with Crippen molar-refractivity contribution < 1.29 is 9.53 Å². The molecule has 0 bridgehead atoms. The zero-order valence-electron chi connectivity index (χ0n) is 14.1. The summed E-state index contributed by atoms with van der Waals surface area (Å²) in [6.07, 6.45) is 8.05. The molecular formula is C20H23NO2S. The second-order valence-corrected chi connectivity index (χ2v) is 7.85. The Morgan fingerprint density at radius 1 is 1.12 bits per heavy atom. The van der Waals surface area contributed by atoms with E-state index in [4.69, 9.17) is 4.74 Å². The fourth-order valence-corrected chi connectivity index (χ4v) is 5.03. The van der Waals surface area contributed by atoms with Crippen LogP contribution in [-0.4, -0.2) is 19.1 Å². The maximum absolute atomic E-state index is 12.6. The topological polar surface area (TPSA) is 38.3 Å². The third-order valence-electron chi connectivity index (χ3n) is 5.19. The summed E-state index contributed by atoms with van der Waals surface area (Å²) in [5.74, 6) is 1.01. The molecule has 4 heteroatoms.